The van der Waals surface area contributed by atoms with Gasteiger partial charge in [-0.3, -0.25) is 15.8 Å². The summed E-state index contributed by atoms with van der Waals surface area (Å²) >= 11 is 0. The van der Waals surface area contributed by atoms with Gasteiger partial charge in [0, 0.05) is 22.5 Å². The molecule has 2 aromatic carbocycles. The molecule has 0 unspecified atom stereocenters. The molecule has 0 radical (unpaired) electrons. The summed E-state index contributed by atoms with van der Waals surface area (Å²) in [4.78, 5) is 4.66. The molecule has 0 aliphatic heterocycles. The van der Waals surface area contributed by atoms with Gasteiger partial charge in [0.25, 0.3) is 0 Å². The number of amidine groups is 2. The van der Waals surface area contributed by atoms with Gasteiger partial charge in [-0.25, -0.2) is 0 Å². The second-order valence-corrected chi connectivity index (χ2v) is 6.31. The third kappa shape index (κ3) is 5.07. The Hall–Kier alpha value is -3.87. The largest absolute Gasteiger partial charge is 0.384 e. The van der Waals surface area contributed by atoms with E-state index in [4.69, 9.17) is 22.3 Å². The Kier molecular flexibility index (Phi) is 5.86. The van der Waals surface area contributed by atoms with Gasteiger partial charge >= 0.3 is 0 Å². The molecule has 0 amide bonds. The molecule has 0 fully saturated rings. The molecule has 3 aromatic rings. The zero-order valence-electron chi connectivity index (χ0n) is 15.4. The third-order valence-corrected chi connectivity index (χ3v) is 4.20. The molecule has 1 heterocycles. The van der Waals surface area contributed by atoms with Crippen molar-refractivity contribution in [1.29, 1.82) is 10.8 Å². The highest BCUT2D eigenvalue weighted by Gasteiger charge is 2.01. The SMILES string of the molecule is N=C(N)c1ccc(NCc2cccc(CNc3ccc(C(=N)N)cc3)n2)cc1. The molecule has 0 saturated carbocycles. The van der Waals surface area contributed by atoms with Gasteiger partial charge in [0.05, 0.1) is 24.5 Å². The van der Waals surface area contributed by atoms with Crippen molar-refractivity contribution in [2.75, 3.05) is 10.6 Å². The highest BCUT2D eigenvalue weighted by atomic mass is 14.9. The summed E-state index contributed by atoms with van der Waals surface area (Å²) < 4.78 is 0. The molecular weight excluding hydrogens is 350 g/mol. The highest BCUT2D eigenvalue weighted by Crippen LogP contribution is 2.12. The van der Waals surface area contributed by atoms with Crippen molar-refractivity contribution in [3.05, 3.63) is 89.2 Å². The minimum Gasteiger partial charge on any atom is -0.384 e. The number of aromatic nitrogens is 1. The van der Waals surface area contributed by atoms with Crippen LogP contribution < -0.4 is 22.1 Å². The fourth-order valence-corrected chi connectivity index (χ4v) is 2.65. The van der Waals surface area contributed by atoms with E-state index in [-0.39, 0.29) is 11.7 Å². The number of nitrogen functional groups attached to an aromatic ring is 2. The molecule has 1 aromatic heterocycles. The number of hydrogen-bond acceptors (Lipinski definition) is 5. The number of rotatable bonds is 8. The smallest absolute Gasteiger partial charge is 0.122 e. The number of hydrogen-bond donors (Lipinski definition) is 6. The second-order valence-electron chi connectivity index (χ2n) is 6.31. The van der Waals surface area contributed by atoms with Crippen LogP contribution in [0.4, 0.5) is 11.4 Å². The summed E-state index contributed by atoms with van der Waals surface area (Å²) in [5.41, 5.74) is 16.1. The van der Waals surface area contributed by atoms with Crippen molar-refractivity contribution in [2.45, 2.75) is 13.1 Å². The Balaban J connectivity index is 1.56. The number of nitrogens with two attached hydrogens (primary N) is 2. The Bertz CT molecular complexity index is 886. The van der Waals surface area contributed by atoms with Crippen LogP contribution in [-0.4, -0.2) is 16.7 Å². The van der Waals surface area contributed by atoms with E-state index in [0.29, 0.717) is 24.2 Å². The van der Waals surface area contributed by atoms with Crippen LogP contribution >= 0.6 is 0 Å². The average Bonchev–Trinajstić information content (AvgIpc) is 2.71. The van der Waals surface area contributed by atoms with Crippen molar-refractivity contribution in [3.8, 4) is 0 Å². The summed E-state index contributed by atoms with van der Waals surface area (Å²) in [6, 6.07) is 20.8. The number of anilines is 2. The topological polar surface area (TPSA) is 137 Å². The quantitative estimate of drug-likeness (QED) is 0.266. The average molecular weight is 373 g/mol. The summed E-state index contributed by atoms with van der Waals surface area (Å²) in [5.74, 6) is 0.119. The fourth-order valence-electron chi connectivity index (χ4n) is 2.65. The fraction of sp³-hybridized carbons (Fsp3) is 0.0952. The van der Waals surface area contributed by atoms with Crippen molar-refractivity contribution < 1.29 is 0 Å². The van der Waals surface area contributed by atoms with E-state index in [0.717, 1.165) is 22.8 Å². The highest BCUT2D eigenvalue weighted by molar-refractivity contribution is 5.95. The summed E-state index contributed by atoms with van der Waals surface area (Å²) in [6.45, 7) is 1.20. The predicted octanol–water partition coefficient (Wildman–Crippen LogP) is 2.87. The summed E-state index contributed by atoms with van der Waals surface area (Å²) in [5, 5.41) is 21.5. The van der Waals surface area contributed by atoms with Crippen molar-refractivity contribution >= 4 is 23.0 Å². The number of nitrogens with one attached hydrogen (secondary N) is 4. The normalized spacial score (nSPS) is 10.3. The van der Waals surface area contributed by atoms with Gasteiger partial charge in [-0.05, 0) is 60.7 Å². The standard InChI is InChI=1S/C21H23N7/c22-20(23)14-4-8-16(9-5-14)26-12-18-2-1-3-19(28-18)13-27-17-10-6-15(7-11-17)21(24)25/h1-11,26-27H,12-13H2,(H3,22,23)(H3,24,25). The molecule has 3 rings (SSSR count). The molecule has 28 heavy (non-hydrogen) atoms. The zero-order chi connectivity index (χ0) is 19.9. The van der Waals surface area contributed by atoms with Crippen LogP contribution in [0.25, 0.3) is 0 Å². The zero-order valence-corrected chi connectivity index (χ0v) is 15.4. The second kappa shape index (κ2) is 8.68. The Labute approximate surface area is 163 Å². The van der Waals surface area contributed by atoms with Gasteiger partial charge < -0.3 is 22.1 Å². The lowest BCUT2D eigenvalue weighted by molar-refractivity contribution is 0.966. The van der Waals surface area contributed by atoms with Crippen molar-refractivity contribution in [1.82, 2.24) is 4.98 Å². The maximum atomic E-state index is 7.42. The lowest BCUT2D eigenvalue weighted by Crippen LogP contribution is -2.11. The van der Waals surface area contributed by atoms with E-state index in [1.54, 1.807) is 0 Å². The molecular formula is C21H23N7. The van der Waals surface area contributed by atoms with E-state index >= 15 is 0 Å². The molecule has 0 aliphatic rings. The molecule has 0 saturated heterocycles. The maximum Gasteiger partial charge on any atom is 0.122 e. The summed E-state index contributed by atoms with van der Waals surface area (Å²) in [7, 11) is 0. The van der Waals surface area contributed by atoms with Gasteiger partial charge in [0.2, 0.25) is 0 Å². The van der Waals surface area contributed by atoms with Crippen LogP contribution in [0.3, 0.4) is 0 Å². The Morgan fingerprint density at radius 2 is 1.07 bits per heavy atom. The minimum atomic E-state index is 0.0596. The molecule has 0 aliphatic carbocycles. The maximum absolute atomic E-state index is 7.42. The molecule has 142 valence electrons. The van der Waals surface area contributed by atoms with Gasteiger partial charge in [0.15, 0.2) is 0 Å². The monoisotopic (exact) mass is 373 g/mol. The van der Waals surface area contributed by atoms with Gasteiger partial charge in [-0.2, -0.15) is 0 Å². The van der Waals surface area contributed by atoms with Crippen LogP contribution in [-0.2, 0) is 13.1 Å². The van der Waals surface area contributed by atoms with Crippen molar-refractivity contribution in [2.24, 2.45) is 11.5 Å². The first-order valence-corrected chi connectivity index (χ1v) is 8.83. The lowest BCUT2D eigenvalue weighted by atomic mass is 10.2. The Morgan fingerprint density at radius 1 is 0.679 bits per heavy atom. The first-order chi connectivity index (χ1) is 13.5. The lowest BCUT2D eigenvalue weighted by Gasteiger charge is -2.10. The van der Waals surface area contributed by atoms with Gasteiger partial charge in [-0.1, -0.05) is 6.07 Å². The number of benzene rings is 2. The van der Waals surface area contributed by atoms with Crippen LogP contribution in [0.2, 0.25) is 0 Å². The number of nitrogens with zero attached hydrogens (tertiary/aromatic N) is 1. The molecule has 0 bridgehead atoms. The van der Waals surface area contributed by atoms with Crippen LogP contribution in [0.5, 0.6) is 0 Å². The van der Waals surface area contributed by atoms with Crippen molar-refractivity contribution in [3.63, 3.8) is 0 Å². The number of pyridine rings is 1. The third-order valence-electron chi connectivity index (χ3n) is 4.20. The van der Waals surface area contributed by atoms with E-state index < -0.39 is 0 Å². The van der Waals surface area contributed by atoms with E-state index in [1.165, 1.54) is 0 Å². The van der Waals surface area contributed by atoms with Crippen LogP contribution in [0.1, 0.15) is 22.5 Å². The molecule has 8 N–H and O–H groups in total. The van der Waals surface area contributed by atoms with E-state index in [9.17, 15) is 0 Å². The molecule has 0 atom stereocenters. The summed E-state index contributed by atoms with van der Waals surface area (Å²) in [6.07, 6.45) is 0. The van der Waals surface area contributed by atoms with E-state index in [1.807, 2.05) is 66.7 Å². The first kappa shape index (κ1) is 18.9. The predicted molar refractivity (Wildman–Crippen MR) is 114 cm³/mol. The molecule has 0 spiro atoms. The van der Waals surface area contributed by atoms with E-state index in [2.05, 4.69) is 15.6 Å². The van der Waals surface area contributed by atoms with Gasteiger partial charge in [-0.15, -0.1) is 0 Å². The van der Waals surface area contributed by atoms with Crippen LogP contribution in [0.15, 0.2) is 66.7 Å². The molecule has 7 nitrogen and oxygen atoms in total. The van der Waals surface area contributed by atoms with Gasteiger partial charge in [0.1, 0.15) is 11.7 Å². The minimum absolute atomic E-state index is 0.0596. The first-order valence-electron chi connectivity index (χ1n) is 8.83. The molecule has 7 heteroatoms. The Morgan fingerprint density at radius 3 is 1.43 bits per heavy atom. The van der Waals surface area contributed by atoms with Crippen LogP contribution in [0, 0.1) is 10.8 Å².